The number of nitrogens with one attached hydrogen (secondary N) is 1. The fraction of sp³-hybridized carbons (Fsp3) is 0.385. The van der Waals surface area contributed by atoms with E-state index in [4.69, 9.17) is 11.6 Å². The first-order valence-electron chi connectivity index (χ1n) is 5.92. The van der Waals surface area contributed by atoms with Crippen LogP contribution in [0.15, 0.2) is 24.5 Å². The van der Waals surface area contributed by atoms with E-state index in [-0.39, 0.29) is 6.04 Å². The van der Waals surface area contributed by atoms with Crippen LogP contribution in [0.1, 0.15) is 29.2 Å². The Morgan fingerprint density at radius 3 is 2.78 bits per heavy atom. The van der Waals surface area contributed by atoms with Crippen LogP contribution in [-0.2, 0) is 6.42 Å². The summed E-state index contributed by atoms with van der Waals surface area (Å²) in [6, 6.07) is 4.24. The Balaban J connectivity index is 1.85. The summed E-state index contributed by atoms with van der Waals surface area (Å²) in [4.78, 5) is 9.92. The lowest BCUT2D eigenvalue weighted by Gasteiger charge is -2.14. The van der Waals surface area contributed by atoms with Gasteiger partial charge in [-0.3, -0.25) is 9.97 Å². The Morgan fingerprint density at radius 2 is 2.11 bits per heavy atom. The summed E-state index contributed by atoms with van der Waals surface area (Å²) in [5, 5.41) is 3.46. The standard InChI is InChI=1S/C13H16ClN3S/c1-9(13-10(2)16-7-8-17-13)15-6-5-11-3-4-12(14)18-11/h3-4,7-9,15H,5-6H2,1-2H3. The summed E-state index contributed by atoms with van der Waals surface area (Å²) in [6.07, 6.45) is 4.44. The molecule has 2 rings (SSSR count). The lowest BCUT2D eigenvalue weighted by Crippen LogP contribution is -2.23. The highest BCUT2D eigenvalue weighted by Gasteiger charge is 2.09. The Bertz CT molecular complexity index is 512. The first kappa shape index (κ1) is 13.5. The predicted molar refractivity (Wildman–Crippen MR) is 76.2 cm³/mol. The first-order chi connectivity index (χ1) is 8.66. The van der Waals surface area contributed by atoms with Crippen molar-refractivity contribution in [2.24, 2.45) is 0 Å². The molecule has 1 atom stereocenters. The first-order valence-corrected chi connectivity index (χ1v) is 7.11. The minimum Gasteiger partial charge on any atom is -0.308 e. The van der Waals surface area contributed by atoms with Crippen LogP contribution in [0.2, 0.25) is 4.34 Å². The van der Waals surface area contributed by atoms with Crippen LogP contribution in [-0.4, -0.2) is 16.5 Å². The molecule has 18 heavy (non-hydrogen) atoms. The number of hydrogen-bond donors (Lipinski definition) is 1. The van der Waals surface area contributed by atoms with Crippen molar-refractivity contribution in [2.45, 2.75) is 26.3 Å². The van der Waals surface area contributed by atoms with Crippen molar-refractivity contribution in [3.63, 3.8) is 0 Å². The van der Waals surface area contributed by atoms with E-state index in [0.29, 0.717) is 0 Å². The molecule has 0 aromatic carbocycles. The van der Waals surface area contributed by atoms with E-state index in [1.807, 2.05) is 13.0 Å². The third kappa shape index (κ3) is 3.51. The van der Waals surface area contributed by atoms with Gasteiger partial charge in [-0.15, -0.1) is 11.3 Å². The molecule has 2 aromatic rings. The van der Waals surface area contributed by atoms with Crippen molar-refractivity contribution < 1.29 is 0 Å². The molecule has 3 nitrogen and oxygen atoms in total. The molecule has 0 spiro atoms. The molecule has 0 fully saturated rings. The molecule has 2 heterocycles. The Kier molecular flexibility index (Phi) is 4.69. The number of nitrogens with zero attached hydrogens (tertiary/aromatic N) is 2. The predicted octanol–water partition coefficient (Wildman–Crippen LogP) is 3.39. The molecule has 0 aliphatic carbocycles. The maximum absolute atomic E-state index is 5.90. The fourth-order valence-electron chi connectivity index (χ4n) is 1.84. The maximum Gasteiger partial charge on any atom is 0.0931 e. The highest BCUT2D eigenvalue weighted by Crippen LogP contribution is 2.21. The number of hydrogen-bond acceptors (Lipinski definition) is 4. The van der Waals surface area contributed by atoms with Gasteiger partial charge in [0.2, 0.25) is 0 Å². The average Bonchev–Trinajstić information content (AvgIpc) is 2.75. The van der Waals surface area contributed by atoms with Gasteiger partial charge in [0.25, 0.3) is 0 Å². The van der Waals surface area contributed by atoms with Crippen molar-refractivity contribution >= 4 is 22.9 Å². The number of rotatable bonds is 5. The third-order valence-corrected chi connectivity index (χ3v) is 4.07. The smallest absolute Gasteiger partial charge is 0.0931 e. The number of halogens is 1. The summed E-state index contributed by atoms with van der Waals surface area (Å²) >= 11 is 7.53. The lowest BCUT2D eigenvalue weighted by atomic mass is 10.2. The SMILES string of the molecule is Cc1nccnc1C(C)NCCc1ccc(Cl)s1. The third-order valence-electron chi connectivity index (χ3n) is 2.78. The molecule has 2 aromatic heterocycles. The van der Waals surface area contributed by atoms with Crippen molar-refractivity contribution in [2.75, 3.05) is 6.54 Å². The van der Waals surface area contributed by atoms with E-state index in [1.54, 1.807) is 23.7 Å². The van der Waals surface area contributed by atoms with Gasteiger partial charge in [-0.2, -0.15) is 0 Å². The lowest BCUT2D eigenvalue weighted by molar-refractivity contribution is 0.560. The van der Waals surface area contributed by atoms with Gasteiger partial charge in [-0.05, 0) is 32.4 Å². The Hall–Kier alpha value is -0.970. The minimum absolute atomic E-state index is 0.217. The topological polar surface area (TPSA) is 37.8 Å². The minimum atomic E-state index is 0.217. The van der Waals surface area contributed by atoms with Crippen molar-refractivity contribution in [1.29, 1.82) is 0 Å². The van der Waals surface area contributed by atoms with E-state index in [0.717, 1.165) is 28.7 Å². The van der Waals surface area contributed by atoms with E-state index >= 15 is 0 Å². The van der Waals surface area contributed by atoms with E-state index in [1.165, 1.54) is 4.88 Å². The van der Waals surface area contributed by atoms with Crippen molar-refractivity contribution in [1.82, 2.24) is 15.3 Å². The van der Waals surface area contributed by atoms with Crippen LogP contribution >= 0.6 is 22.9 Å². The molecule has 0 saturated heterocycles. The number of aryl methyl sites for hydroxylation is 1. The van der Waals surface area contributed by atoms with Crippen LogP contribution < -0.4 is 5.32 Å². The fourth-order valence-corrected chi connectivity index (χ4v) is 2.93. The summed E-state index contributed by atoms with van der Waals surface area (Å²) in [7, 11) is 0. The second-order valence-electron chi connectivity index (χ2n) is 4.16. The Morgan fingerprint density at radius 1 is 1.33 bits per heavy atom. The molecule has 0 amide bonds. The zero-order valence-electron chi connectivity index (χ0n) is 10.5. The summed E-state index contributed by atoms with van der Waals surface area (Å²) in [5.41, 5.74) is 2.00. The van der Waals surface area contributed by atoms with Gasteiger partial charge in [0, 0.05) is 29.9 Å². The molecule has 0 saturated carbocycles. The molecule has 0 radical (unpaired) electrons. The number of aromatic nitrogens is 2. The normalized spacial score (nSPS) is 12.6. The average molecular weight is 282 g/mol. The molecular formula is C13H16ClN3S. The van der Waals surface area contributed by atoms with Crippen molar-refractivity contribution in [3.8, 4) is 0 Å². The molecule has 0 aliphatic rings. The van der Waals surface area contributed by atoms with E-state index in [9.17, 15) is 0 Å². The molecule has 0 bridgehead atoms. The molecular weight excluding hydrogens is 266 g/mol. The van der Waals surface area contributed by atoms with Gasteiger partial charge in [0.15, 0.2) is 0 Å². The summed E-state index contributed by atoms with van der Waals surface area (Å²) in [5.74, 6) is 0. The summed E-state index contributed by atoms with van der Waals surface area (Å²) < 4.78 is 0.850. The van der Waals surface area contributed by atoms with Gasteiger partial charge in [-0.25, -0.2) is 0 Å². The monoisotopic (exact) mass is 281 g/mol. The highest BCUT2D eigenvalue weighted by atomic mass is 35.5. The van der Waals surface area contributed by atoms with Crippen LogP contribution in [0.5, 0.6) is 0 Å². The van der Waals surface area contributed by atoms with Gasteiger partial charge < -0.3 is 5.32 Å². The van der Waals surface area contributed by atoms with Gasteiger partial charge in [-0.1, -0.05) is 11.6 Å². The largest absolute Gasteiger partial charge is 0.308 e. The van der Waals surface area contributed by atoms with Gasteiger partial charge >= 0.3 is 0 Å². The molecule has 1 N–H and O–H groups in total. The van der Waals surface area contributed by atoms with Gasteiger partial charge in [0.05, 0.1) is 15.7 Å². The van der Waals surface area contributed by atoms with E-state index < -0.39 is 0 Å². The van der Waals surface area contributed by atoms with Gasteiger partial charge in [0.1, 0.15) is 0 Å². The molecule has 5 heteroatoms. The van der Waals surface area contributed by atoms with Crippen LogP contribution in [0.4, 0.5) is 0 Å². The van der Waals surface area contributed by atoms with Crippen LogP contribution in [0.3, 0.4) is 0 Å². The quantitative estimate of drug-likeness (QED) is 0.913. The summed E-state index contributed by atoms with van der Waals surface area (Å²) in [6.45, 7) is 5.01. The highest BCUT2D eigenvalue weighted by molar-refractivity contribution is 7.16. The Labute approximate surface area is 116 Å². The van der Waals surface area contributed by atoms with E-state index in [2.05, 4.69) is 28.3 Å². The van der Waals surface area contributed by atoms with Crippen LogP contribution in [0.25, 0.3) is 0 Å². The maximum atomic E-state index is 5.90. The van der Waals surface area contributed by atoms with Crippen molar-refractivity contribution in [3.05, 3.63) is 45.1 Å². The zero-order chi connectivity index (χ0) is 13.0. The molecule has 96 valence electrons. The second kappa shape index (κ2) is 6.27. The molecule has 1 unspecified atom stereocenters. The second-order valence-corrected chi connectivity index (χ2v) is 5.96. The molecule has 0 aliphatic heterocycles. The van der Waals surface area contributed by atoms with Crippen LogP contribution in [0, 0.1) is 6.92 Å². The zero-order valence-corrected chi connectivity index (χ0v) is 12.1. The number of thiophene rings is 1.